The second-order valence-corrected chi connectivity index (χ2v) is 6.34. The first-order chi connectivity index (χ1) is 10.6. The van der Waals surface area contributed by atoms with Crippen molar-refractivity contribution in [2.75, 3.05) is 59.5 Å². The fourth-order valence-corrected chi connectivity index (χ4v) is 2.67. The minimum absolute atomic E-state index is 0.751. The van der Waals surface area contributed by atoms with Crippen LogP contribution in [-0.2, 0) is 0 Å². The maximum atomic E-state index is 5.86. The lowest BCUT2D eigenvalue weighted by Crippen LogP contribution is -2.36. The van der Waals surface area contributed by atoms with Crippen molar-refractivity contribution in [3.05, 3.63) is 29.3 Å². The first-order valence-corrected chi connectivity index (χ1v) is 8.47. The molecule has 4 heteroatoms. The largest absolute Gasteiger partial charge is 0.492 e. The summed E-state index contributed by atoms with van der Waals surface area (Å²) in [6.07, 6.45) is 1.26. The van der Waals surface area contributed by atoms with E-state index < -0.39 is 0 Å². The van der Waals surface area contributed by atoms with Gasteiger partial charge in [0.25, 0.3) is 0 Å². The maximum Gasteiger partial charge on any atom is 0.119 e. The van der Waals surface area contributed by atoms with Crippen molar-refractivity contribution in [1.82, 2.24) is 15.1 Å². The average Bonchev–Trinajstić information content (AvgIpc) is 2.77. The van der Waals surface area contributed by atoms with Gasteiger partial charge in [-0.15, -0.1) is 0 Å². The van der Waals surface area contributed by atoms with Gasteiger partial charge < -0.3 is 19.9 Å². The Kier molecular flexibility index (Phi) is 7.16. The summed E-state index contributed by atoms with van der Waals surface area (Å²) in [4.78, 5) is 4.92. The van der Waals surface area contributed by atoms with Gasteiger partial charge in [0.1, 0.15) is 12.4 Å². The van der Waals surface area contributed by atoms with E-state index in [-0.39, 0.29) is 0 Å². The quantitative estimate of drug-likeness (QED) is 0.833. The lowest BCUT2D eigenvalue weighted by Gasteiger charge is -2.23. The van der Waals surface area contributed by atoms with Crippen LogP contribution in [0, 0.1) is 13.8 Å². The maximum absolute atomic E-state index is 5.86. The molecule has 0 aliphatic carbocycles. The molecule has 0 unspecified atom stereocenters. The summed E-state index contributed by atoms with van der Waals surface area (Å²) in [6, 6.07) is 6.31. The van der Waals surface area contributed by atoms with Gasteiger partial charge in [-0.05, 0) is 63.7 Å². The summed E-state index contributed by atoms with van der Waals surface area (Å²) < 4.78 is 5.86. The molecule has 0 bridgehead atoms. The van der Waals surface area contributed by atoms with Gasteiger partial charge in [0.2, 0.25) is 0 Å². The molecule has 2 rings (SSSR count). The SMILES string of the molecule is Cc1ccc(OCCN(C)CCN2CCCNCC2)cc1C. The summed E-state index contributed by atoms with van der Waals surface area (Å²) in [7, 11) is 2.18. The minimum Gasteiger partial charge on any atom is -0.492 e. The van der Waals surface area contributed by atoms with Crippen LogP contribution in [0.2, 0.25) is 0 Å². The second kappa shape index (κ2) is 9.13. The number of benzene rings is 1. The fraction of sp³-hybridized carbons (Fsp3) is 0.667. The lowest BCUT2D eigenvalue weighted by molar-refractivity contribution is 0.203. The van der Waals surface area contributed by atoms with Crippen molar-refractivity contribution in [2.24, 2.45) is 0 Å². The van der Waals surface area contributed by atoms with Crippen LogP contribution in [0.3, 0.4) is 0 Å². The van der Waals surface area contributed by atoms with E-state index in [1.54, 1.807) is 0 Å². The Morgan fingerprint density at radius 2 is 2.00 bits per heavy atom. The minimum atomic E-state index is 0.751. The van der Waals surface area contributed by atoms with Crippen LogP contribution in [0.5, 0.6) is 5.75 Å². The highest BCUT2D eigenvalue weighted by molar-refractivity contribution is 5.33. The summed E-state index contributed by atoms with van der Waals surface area (Å²) >= 11 is 0. The summed E-state index contributed by atoms with van der Waals surface area (Å²) in [5.74, 6) is 0.982. The summed E-state index contributed by atoms with van der Waals surface area (Å²) in [6.45, 7) is 12.9. The van der Waals surface area contributed by atoms with Crippen molar-refractivity contribution in [2.45, 2.75) is 20.3 Å². The summed E-state index contributed by atoms with van der Waals surface area (Å²) in [5.41, 5.74) is 2.61. The molecule has 22 heavy (non-hydrogen) atoms. The topological polar surface area (TPSA) is 27.7 Å². The predicted molar refractivity (Wildman–Crippen MR) is 92.8 cm³/mol. The zero-order valence-corrected chi connectivity index (χ0v) is 14.4. The van der Waals surface area contributed by atoms with Crippen molar-refractivity contribution < 1.29 is 4.74 Å². The standard InChI is InChI=1S/C18H31N3O/c1-16-5-6-18(15-17(16)2)22-14-13-20(3)11-12-21-9-4-7-19-8-10-21/h5-6,15,19H,4,7-14H2,1-3H3. The van der Waals surface area contributed by atoms with Crippen LogP contribution in [0.25, 0.3) is 0 Å². The van der Waals surface area contributed by atoms with E-state index in [0.717, 1.165) is 45.1 Å². The zero-order chi connectivity index (χ0) is 15.8. The molecule has 0 spiro atoms. The van der Waals surface area contributed by atoms with E-state index in [1.807, 2.05) is 0 Å². The highest BCUT2D eigenvalue weighted by Crippen LogP contribution is 2.16. The number of ether oxygens (including phenoxy) is 1. The van der Waals surface area contributed by atoms with Crippen LogP contribution >= 0.6 is 0 Å². The molecular weight excluding hydrogens is 274 g/mol. The summed E-state index contributed by atoms with van der Waals surface area (Å²) in [5, 5.41) is 3.45. The predicted octanol–water partition coefficient (Wildman–Crippen LogP) is 1.91. The molecule has 124 valence electrons. The van der Waals surface area contributed by atoms with Gasteiger partial charge in [-0.3, -0.25) is 0 Å². The second-order valence-electron chi connectivity index (χ2n) is 6.34. The number of rotatable bonds is 7. The third-order valence-electron chi connectivity index (χ3n) is 4.45. The Hall–Kier alpha value is -1.10. The van der Waals surface area contributed by atoms with Gasteiger partial charge >= 0.3 is 0 Å². The Morgan fingerprint density at radius 3 is 2.82 bits per heavy atom. The van der Waals surface area contributed by atoms with Gasteiger partial charge in [-0.25, -0.2) is 0 Å². The number of hydrogen-bond donors (Lipinski definition) is 1. The molecule has 0 radical (unpaired) electrons. The Bertz CT molecular complexity index is 442. The van der Waals surface area contributed by atoms with Gasteiger partial charge in [0, 0.05) is 32.7 Å². The van der Waals surface area contributed by atoms with Crippen molar-refractivity contribution in [3.63, 3.8) is 0 Å². The van der Waals surface area contributed by atoms with E-state index in [9.17, 15) is 0 Å². The molecule has 1 heterocycles. The lowest BCUT2D eigenvalue weighted by atomic mass is 10.1. The van der Waals surface area contributed by atoms with Crippen molar-refractivity contribution in [1.29, 1.82) is 0 Å². The highest BCUT2D eigenvalue weighted by Gasteiger charge is 2.09. The van der Waals surface area contributed by atoms with Gasteiger partial charge in [-0.2, -0.15) is 0 Å². The molecule has 1 saturated heterocycles. The van der Waals surface area contributed by atoms with Crippen molar-refractivity contribution in [3.8, 4) is 5.75 Å². The fourth-order valence-electron chi connectivity index (χ4n) is 2.67. The van der Waals surface area contributed by atoms with Crippen molar-refractivity contribution >= 4 is 0 Å². The number of aryl methyl sites for hydroxylation is 2. The van der Waals surface area contributed by atoms with E-state index in [2.05, 4.69) is 54.2 Å². The first-order valence-electron chi connectivity index (χ1n) is 8.47. The molecule has 1 aromatic rings. The molecule has 0 saturated carbocycles. The number of nitrogens with one attached hydrogen (secondary N) is 1. The normalized spacial score (nSPS) is 16.7. The van der Waals surface area contributed by atoms with E-state index in [4.69, 9.17) is 4.74 Å². The number of likely N-dealkylation sites (N-methyl/N-ethyl adjacent to an activating group) is 1. The molecule has 1 fully saturated rings. The van der Waals surface area contributed by atoms with Crippen LogP contribution < -0.4 is 10.1 Å². The molecule has 0 atom stereocenters. The van der Waals surface area contributed by atoms with Crippen LogP contribution in [0.4, 0.5) is 0 Å². The average molecular weight is 305 g/mol. The van der Waals surface area contributed by atoms with E-state index in [1.165, 1.54) is 30.6 Å². The number of nitrogens with zero attached hydrogens (tertiary/aromatic N) is 2. The smallest absolute Gasteiger partial charge is 0.119 e. The highest BCUT2D eigenvalue weighted by atomic mass is 16.5. The van der Waals surface area contributed by atoms with Gasteiger partial charge in [-0.1, -0.05) is 6.07 Å². The molecule has 0 aromatic heterocycles. The Labute approximate surface area is 135 Å². The first kappa shape index (κ1) is 17.3. The molecular formula is C18H31N3O. The van der Waals surface area contributed by atoms with Gasteiger partial charge in [0.15, 0.2) is 0 Å². The van der Waals surface area contributed by atoms with E-state index >= 15 is 0 Å². The van der Waals surface area contributed by atoms with E-state index in [0.29, 0.717) is 0 Å². The Balaban J connectivity index is 1.62. The van der Waals surface area contributed by atoms with Gasteiger partial charge in [0.05, 0.1) is 0 Å². The third kappa shape index (κ3) is 5.95. The molecule has 1 aliphatic rings. The molecule has 1 aromatic carbocycles. The molecule has 4 nitrogen and oxygen atoms in total. The molecule has 1 aliphatic heterocycles. The molecule has 1 N–H and O–H groups in total. The monoisotopic (exact) mass is 305 g/mol. The zero-order valence-electron chi connectivity index (χ0n) is 14.4. The van der Waals surface area contributed by atoms with Crippen LogP contribution in [-0.4, -0.2) is 69.3 Å². The number of hydrogen-bond acceptors (Lipinski definition) is 4. The van der Waals surface area contributed by atoms with Crippen LogP contribution in [0.15, 0.2) is 18.2 Å². The molecule has 0 amide bonds. The third-order valence-corrected chi connectivity index (χ3v) is 4.45. The van der Waals surface area contributed by atoms with Crippen LogP contribution in [0.1, 0.15) is 17.5 Å². The Morgan fingerprint density at radius 1 is 1.14 bits per heavy atom.